The van der Waals surface area contributed by atoms with Crippen molar-refractivity contribution in [3.63, 3.8) is 0 Å². The van der Waals surface area contributed by atoms with Gasteiger partial charge in [-0.05, 0) is 73.2 Å². The Hall–Kier alpha value is 0.570. The molecule has 0 bridgehead atoms. The Kier molecular flexibility index (Phi) is 4.45. The van der Waals surface area contributed by atoms with Crippen molar-refractivity contribution in [3.8, 4) is 0 Å². The van der Waals surface area contributed by atoms with E-state index >= 15 is 0 Å². The van der Waals surface area contributed by atoms with Crippen molar-refractivity contribution in [3.05, 3.63) is 52.6 Å². The van der Waals surface area contributed by atoms with Crippen LogP contribution < -0.4 is 5.73 Å². The lowest BCUT2D eigenvalue weighted by Crippen LogP contribution is -2.13. The summed E-state index contributed by atoms with van der Waals surface area (Å²) in [4.78, 5) is 0. The van der Waals surface area contributed by atoms with Gasteiger partial charge in [0.25, 0.3) is 0 Å². The molecule has 1 atom stereocenters. The van der Waals surface area contributed by atoms with E-state index in [-0.39, 0.29) is 6.04 Å². The highest BCUT2D eigenvalue weighted by Crippen LogP contribution is 2.33. The smallest absolute Gasteiger partial charge is 0.0582 e. The Morgan fingerprint density at radius 1 is 1.19 bits per heavy atom. The monoisotopic (exact) mass is 471 g/mol. The largest absolute Gasteiger partial charge is 0.320 e. The summed E-state index contributed by atoms with van der Waals surface area (Å²) < 4.78 is 3.33. The quantitative estimate of drug-likeness (QED) is 0.616. The van der Waals surface area contributed by atoms with E-state index < -0.39 is 0 Å². The zero-order chi connectivity index (χ0) is 11.7. The fourth-order valence-corrected chi connectivity index (χ4v) is 4.06. The van der Waals surface area contributed by atoms with Gasteiger partial charge in [-0.3, -0.25) is 0 Å². The number of rotatable bonds is 2. The molecule has 2 rings (SSSR count). The Morgan fingerprint density at radius 3 is 2.56 bits per heavy atom. The van der Waals surface area contributed by atoms with E-state index in [1.165, 1.54) is 3.57 Å². The van der Waals surface area contributed by atoms with Gasteiger partial charge in [0.2, 0.25) is 0 Å². The Labute approximate surface area is 129 Å². The van der Waals surface area contributed by atoms with Crippen molar-refractivity contribution in [1.29, 1.82) is 0 Å². The van der Waals surface area contributed by atoms with Gasteiger partial charge in [-0.15, -0.1) is 0 Å². The molecule has 1 heterocycles. The molecule has 1 aromatic heterocycles. The van der Waals surface area contributed by atoms with Crippen LogP contribution in [0.15, 0.2) is 37.9 Å². The van der Waals surface area contributed by atoms with E-state index in [0.717, 1.165) is 20.1 Å². The van der Waals surface area contributed by atoms with Gasteiger partial charge in [-0.25, -0.2) is 0 Å². The van der Waals surface area contributed by atoms with Crippen LogP contribution in [-0.4, -0.2) is 0 Å². The maximum Gasteiger partial charge on any atom is 0.0582 e. The highest BCUT2D eigenvalue weighted by Gasteiger charge is 2.15. The Morgan fingerprint density at radius 2 is 1.94 bits per heavy atom. The van der Waals surface area contributed by atoms with Crippen molar-refractivity contribution < 1.29 is 0 Å². The minimum atomic E-state index is -0.0787. The molecule has 0 aliphatic carbocycles. The summed E-state index contributed by atoms with van der Waals surface area (Å²) in [6.07, 6.45) is 0. The zero-order valence-corrected chi connectivity index (χ0v) is 14.2. The van der Waals surface area contributed by atoms with Crippen molar-refractivity contribution >= 4 is 65.8 Å². The highest BCUT2D eigenvalue weighted by molar-refractivity contribution is 14.1. The van der Waals surface area contributed by atoms with Crippen LogP contribution in [0, 0.1) is 3.57 Å². The van der Waals surface area contributed by atoms with Crippen LogP contribution in [0.3, 0.4) is 0 Å². The van der Waals surface area contributed by atoms with Gasteiger partial charge in [-0.2, -0.15) is 11.3 Å². The van der Waals surface area contributed by atoms with Crippen molar-refractivity contribution in [2.75, 3.05) is 0 Å². The summed E-state index contributed by atoms with van der Waals surface area (Å²) in [5.41, 5.74) is 8.57. The zero-order valence-electron chi connectivity index (χ0n) is 8.08. The van der Waals surface area contributed by atoms with E-state index in [0.29, 0.717) is 0 Å². The molecular formula is C11H8Br2INS. The van der Waals surface area contributed by atoms with Crippen LogP contribution in [0.2, 0.25) is 0 Å². The molecule has 0 saturated carbocycles. The molecule has 2 aromatic rings. The van der Waals surface area contributed by atoms with Crippen LogP contribution in [0.4, 0.5) is 0 Å². The van der Waals surface area contributed by atoms with Gasteiger partial charge >= 0.3 is 0 Å². The predicted molar refractivity (Wildman–Crippen MR) is 84.9 cm³/mol. The van der Waals surface area contributed by atoms with Gasteiger partial charge in [0.15, 0.2) is 0 Å². The topological polar surface area (TPSA) is 26.0 Å². The third-order valence-corrected chi connectivity index (χ3v) is 5.50. The summed E-state index contributed by atoms with van der Waals surface area (Å²) in [6.45, 7) is 0. The van der Waals surface area contributed by atoms with Crippen LogP contribution in [0.25, 0.3) is 0 Å². The maximum atomic E-state index is 6.28. The van der Waals surface area contributed by atoms with Crippen molar-refractivity contribution in [1.82, 2.24) is 0 Å². The summed E-state index contributed by atoms with van der Waals surface area (Å²) in [5.74, 6) is 0. The molecule has 0 radical (unpaired) electrons. The van der Waals surface area contributed by atoms with E-state index in [4.69, 9.17) is 5.73 Å². The van der Waals surface area contributed by atoms with Gasteiger partial charge in [0.1, 0.15) is 0 Å². The second-order valence-electron chi connectivity index (χ2n) is 3.32. The molecule has 0 aliphatic heterocycles. The minimum absolute atomic E-state index is 0.0787. The Balaban J connectivity index is 2.45. The average Bonchev–Trinajstić information content (AvgIpc) is 2.67. The third kappa shape index (κ3) is 2.69. The lowest BCUT2D eigenvalue weighted by atomic mass is 10.0. The molecule has 84 valence electrons. The summed E-state index contributed by atoms with van der Waals surface area (Å²) in [7, 11) is 0. The van der Waals surface area contributed by atoms with Crippen molar-refractivity contribution in [2.45, 2.75) is 6.04 Å². The first-order chi connectivity index (χ1) is 7.59. The first kappa shape index (κ1) is 13.0. The minimum Gasteiger partial charge on any atom is -0.320 e. The lowest BCUT2D eigenvalue weighted by molar-refractivity contribution is 0.864. The molecule has 0 saturated heterocycles. The number of hydrogen-bond acceptors (Lipinski definition) is 2. The fraction of sp³-hybridized carbons (Fsp3) is 0.0909. The number of benzene rings is 1. The van der Waals surface area contributed by atoms with Crippen LogP contribution >= 0.6 is 65.8 Å². The van der Waals surface area contributed by atoms with E-state index in [1.807, 2.05) is 6.07 Å². The number of thiophene rings is 1. The first-order valence-electron chi connectivity index (χ1n) is 4.51. The van der Waals surface area contributed by atoms with Crippen LogP contribution in [0.1, 0.15) is 17.2 Å². The van der Waals surface area contributed by atoms with Gasteiger partial charge in [-0.1, -0.05) is 15.9 Å². The average molecular weight is 473 g/mol. The molecule has 0 fully saturated rings. The SMILES string of the molecule is NC(c1cscc1Br)c1cc(Br)ccc1I. The number of hydrogen-bond donors (Lipinski definition) is 1. The maximum absolute atomic E-state index is 6.28. The molecule has 0 aliphatic rings. The lowest BCUT2D eigenvalue weighted by Gasteiger charge is -2.14. The molecule has 2 N–H and O–H groups in total. The fourth-order valence-electron chi connectivity index (χ4n) is 1.43. The summed E-state index contributed by atoms with van der Waals surface area (Å²) in [5, 5.41) is 4.14. The van der Waals surface area contributed by atoms with E-state index in [1.54, 1.807) is 11.3 Å². The predicted octanol–water partition coefficient (Wildman–Crippen LogP) is 4.93. The summed E-state index contributed by atoms with van der Waals surface area (Å²) >= 11 is 11.0. The molecule has 16 heavy (non-hydrogen) atoms. The summed E-state index contributed by atoms with van der Waals surface area (Å²) in [6, 6.07) is 6.10. The number of nitrogens with two attached hydrogens (primary N) is 1. The standard InChI is InChI=1S/C11H8Br2INS/c12-6-1-2-10(14)7(3-6)11(15)8-4-16-5-9(8)13/h1-5,11H,15H2. The van der Waals surface area contributed by atoms with E-state index in [2.05, 4.69) is 77.3 Å². The molecule has 1 aromatic carbocycles. The molecule has 0 amide bonds. The number of halogens is 3. The Bertz CT molecular complexity index is 512. The van der Waals surface area contributed by atoms with Crippen LogP contribution in [0.5, 0.6) is 0 Å². The molecule has 5 heteroatoms. The van der Waals surface area contributed by atoms with Gasteiger partial charge in [0.05, 0.1) is 6.04 Å². The first-order valence-corrected chi connectivity index (χ1v) is 8.12. The van der Waals surface area contributed by atoms with Gasteiger partial charge < -0.3 is 5.73 Å². The highest BCUT2D eigenvalue weighted by atomic mass is 127. The van der Waals surface area contributed by atoms with Gasteiger partial charge in [0, 0.05) is 17.9 Å². The van der Waals surface area contributed by atoms with E-state index in [9.17, 15) is 0 Å². The molecule has 1 unspecified atom stereocenters. The third-order valence-electron chi connectivity index (χ3n) is 2.27. The molecular weight excluding hydrogens is 465 g/mol. The van der Waals surface area contributed by atoms with Crippen LogP contribution in [-0.2, 0) is 0 Å². The second kappa shape index (κ2) is 5.48. The normalized spacial score (nSPS) is 12.8. The molecule has 0 spiro atoms. The second-order valence-corrected chi connectivity index (χ2v) is 6.99. The van der Waals surface area contributed by atoms with Crippen molar-refractivity contribution in [2.24, 2.45) is 5.73 Å². The molecule has 1 nitrogen and oxygen atoms in total.